The summed E-state index contributed by atoms with van der Waals surface area (Å²) in [4.78, 5) is 24.6. The third kappa shape index (κ3) is 1.71. The number of carbonyl (C=O) groups excluding carboxylic acids is 2. The molecular formula is C12H12FNO2. The van der Waals surface area contributed by atoms with Gasteiger partial charge in [-0.3, -0.25) is 14.5 Å². The van der Waals surface area contributed by atoms with Gasteiger partial charge in [0.2, 0.25) is 11.8 Å². The van der Waals surface area contributed by atoms with Gasteiger partial charge in [0.1, 0.15) is 5.82 Å². The molecule has 4 heteroatoms. The summed E-state index contributed by atoms with van der Waals surface area (Å²) < 4.78 is 12.7. The molecule has 1 aliphatic rings. The highest BCUT2D eigenvalue weighted by atomic mass is 19.1. The van der Waals surface area contributed by atoms with Crippen LogP contribution < -0.4 is 0 Å². The van der Waals surface area contributed by atoms with E-state index >= 15 is 0 Å². The molecule has 0 N–H and O–H groups in total. The van der Waals surface area contributed by atoms with E-state index in [9.17, 15) is 14.0 Å². The van der Waals surface area contributed by atoms with Gasteiger partial charge in [-0.1, -0.05) is 12.1 Å². The normalized spacial score (nSPS) is 20.6. The zero-order chi connectivity index (χ0) is 11.7. The molecule has 0 radical (unpaired) electrons. The lowest BCUT2D eigenvalue weighted by molar-refractivity contribution is -0.138. The van der Waals surface area contributed by atoms with Crippen LogP contribution in [0.5, 0.6) is 0 Å². The van der Waals surface area contributed by atoms with Crippen molar-refractivity contribution < 1.29 is 14.0 Å². The maximum atomic E-state index is 12.7. The third-order valence-corrected chi connectivity index (χ3v) is 2.83. The van der Waals surface area contributed by atoms with Crippen LogP contribution in [0.3, 0.4) is 0 Å². The first-order valence-corrected chi connectivity index (χ1v) is 5.23. The smallest absolute Gasteiger partial charge is 0.237 e. The molecule has 2 amide bonds. The summed E-state index contributed by atoms with van der Waals surface area (Å²) in [6.07, 6.45) is 0.193. The largest absolute Gasteiger partial charge is 0.282 e. The maximum absolute atomic E-state index is 12.7. The van der Waals surface area contributed by atoms with E-state index in [0.717, 1.165) is 0 Å². The van der Waals surface area contributed by atoms with E-state index in [1.165, 1.54) is 17.0 Å². The van der Waals surface area contributed by atoms with Crippen molar-refractivity contribution in [2.24, 2.45) is 0 Å². The van der Waals surface area contributed by atoms with E-state index in [1.807, 2.05) is 0 Å². The highest BCUT2D eigenvalue weighted by Gasteiger charge is 2.38. The van der Waals surface area contributed by atoms with Crippen LogP contribution in [-0.2, 0) is 9.59 Å². The number of halogens is 1. The summed E-state index contributed by atoms with van der Waals surface area (Å²) in [6, 6.07) is 5.73. The molecule has 0 aromatic heterocycles. The van der Waals surface area contributed by atoms with Crippen molar-refractivity contribution in [1.29, 1.82) is 0 Å². The van der Waals surface area contributed by atoms with E-state index < -0.39 is 5.92 Å². The molecule has 0 saturated carbocycles. The monoisotopic (exact) mass is 221 g/mol. The Balaban J connectivity index is 2.27. The van der Waals surface area contributed by atoms with Crippen molar-refractivity contribution in [2.75, 3.05) is 6.54 Å². The zero-order valence-electron chi connectivity index (χ0n) is 8.94. The second kappa shape index (κ2) is 4.04. The third-order valence-electron chi connectivity index (χ3n) is 2.83. The number of hydrogen-bond acceptors (Lipinski definition) is 2. The number of likely N-dealkylation sites (tertiary alicyclic amines) is 1. The van der Waals surface area contributed by atoms with Gasteiger partial charge in [-0.2, -0.15) is 0 Å². The summed E-state index contributed by atoms with van der Waals surface area (Å²) >= 11 is 0. The highest BCUT2D eigenvalue weighted by Crippen LogP contribution is 2.29. The van der Waals surface area contributed by atoms with Gasteiger partial charge in [0.25, 0.3) is 0 Å². The lowest BCUT2D eigenvalue weighted by atomic mass is 9.98. The molecular weight excluding hydrogens is 209 g/mol. The minimum atomic E-state index is -0.437. The van der Waals surface area contributed by atoms with E-state index in [4.69, 9.17) is 0 Å². The summed E-state index contributed by atoms with van der Waals surface area (Å²) in [7, 11) is 0. The number of nitrogens with zero attached hydrogens (tertiary/aromatic N) is 1. The minimum Gasteiger partial charge on any atom is -0.282 e. The molecule has 0 aliphatic carbocycles. The molecule has 1 saturated heterocycles. The van der Waals surface area contributed by atoms with E-state index in [1.54, 1.807) is 19.1 Å². The SMILES string of the molecule is CCN1C(=O)CC(c2ccc(F)cc2)C1=O. The molecule has 1 fully saturated rings. The van der Waals surface area contributed by atoms with Gasteiger partial charge in [-0.25, -0.2) is 4.39 Å². The molecule has 16 heavy (non-hydrogen) atoms. The van der Waals surface area contributed by atoms with Gasteiger partial charge < -0.3 is 0 Å². The fourth-order valence-corrected chi connectivity index (χ4v) is 1.97. The standard InChI is InChI=1S/C12H12FNO2/c1-2-14-11(15)7-10(12(14)16)8-3-5-9(13)6-4-8/h3-6,10H,2,7H2,1H3. The highest BCUT2D eigenvalue weighted by molar-refractivity contribution is 6.06. The Morgan fingerprint density at radius 3 is 2.44 bits per heavy atom. The van der Waals surface area contributed by atoms with Crippen molar-refractivity contribution in [2.45, 2.75) is 19.3 Å². The quantitative estimate of drug-likeness (QED) is 0.712. The first-order valence-electron chi connectivity index (χ1n) is 5.23. The van der Waals surface area contributed by atoms with Crippen LogP contribution in [0.25, 0.3) is 0 Å². The van der Waals surface area contributed by atoms with E-state index in [2.05, 4.69) is 0 Å². The number of amides is 2. The number of likely N-dealkylation sites (N-methyl/N-ethyl adjacent to an activating group) is 1. The van der Waals surface area contributed by atoms with Crippen molar-refractivity contribution >= 4 is 11.8 Å². The average molecular weight is 221 g/mol. The van der Waals surface area contributed by atoms with Crippen LogP contribution in [0.2, 0.25) is 0 Å². The minimum absolute atomic E-state index is 0.151. The Morgan fingerprint density at radius 2 is 1.94 bits per heavy atom. The molecule has 84 valence electrons. The lowest BCUT2D eigenvalue weighted by Gasteiger charge is -2.11. The van der Waals surface area contributed by atoms with Crippen LogP contribution in [-0.4, -0.2) is 23.3 Å². The fourth-order valence-electron chi connectivity index (χ4n) is 1.97. The molecule has 3 nitrogen and oxygen atoms in total. The van der Waals surface area contributed by atoms with Crippen molar-refractivity contribution in [3.8, 4) is 0 Å². The van der Waals surface area contributed by atoms with E-state index in [0.29, 0.717) is 12.1 Å². The van der Waals surface area contributed by atoms with Gasteiger partial charge >= 0.3 is 0 Å². The first-order chi connectivity index (χ1) is 7.63. The number of carbonyl (C=O) groups is 2. The number of benzene rings is 1. The van der Waals surface area contributed by atoms with Crippen LogP contribution in [0, 0.1) is 5.82 Å². The number of hydrogen-bond donors (Lipinski definition) is 0. The number of rotatable bonds is 2. The van der Waals surface area contributed by atoms with Crippen molar-refractivity contribution in [1.82, 2.24) is 4.90 Å². The summed E-state index contributed by atoms with van der Waals surface area (Å²) in [5, 5.41) is 0. The van der Waals surface area contributed by atoms with Crippen LogP contribution in [0.15, 0.2) is 24.3 Å². The second-order valence-corrected chi connectivity index (χ2v) is 3.78. The lowest BCUT2D eigenvalue weighted by Crippen LogP contribution is -2.29. The van der Waals surface area contributed by atoms with Gasteiger partial charge in [0.05, 0.1) is 5.92 Å². The fraction of sp³-hybridized carbons (Fsp3) is 0.333. The molecule has 1 heterocycles. The predicted octanol–water partition coefficient (Wildman–Crippen LogP) is 1.69. The maximum Gasteiger partial charge on any atom is 0.237 e. The Morgan fingerprint density at radius 1 is 1.31 bits per heavy atom. The van der Waals surface area contributed by atoms with Gasteiger partial charge in [0, 0.05) is 13.0 Å². The second-order valence-electron chi connectivity index (χ2n) is 3.78. The Kier molecular flexibility index (Phi) is 2.73. The molecule has 2 rings (SSSR count). The zero-order valence-corrected chi connectivity index (χ0v) is 8.94. The van der Waals surface area contributed by atoms with Crippen LogP contribution >= 0.6 is 0 Å². The average Bonchev–Trinajstić information content (AvgIpc) is 2.55. The predicted molar refractivity (Wildman–Crippen MR) is 56.2 cm³/mol. The molecule has 1 aromatic carbocycles. The molecule has 1 aliphatic heterocycles. The van der Waals surface area contributed by atoms with Crippen LogP contribution in [0.4, 0.5) is 4.39 Å². The molecule has 1 aromatic rings. The molecule has 1 atom stereocenters. The number of imide groups is 1. The van der Waals surface area contributed by atoms with Gasteiger partial charge in [0.15, 0.2) is 0 Å². The summed E-state index contributed by atoms with van der Waals surface area (Å²) in [5.74, 6) is -1.11. The molecule has 1 unspecified atom stereocenters. The first kappa shape index (κ1) is 10.8. The molecule has 0 bridgehead atoms. The Hall–Kier alpha value is -1.71. The Bertz CT molecular complexity index is 427. The van der Waals surface area contributed by atoms with E-state index in [-0.39, 0.29) is 24.1 Å². The van der Waals surface area contributed by atoms with Gasteiger partial charge in [-0.05, 0) is 24.6 Å². The van der Waals surface area contributed by atoms with Crippen molar-refractivity contribution in [3.63, 3.8) is 0 Å². The Labute approximate surface area is 92.9 Å². The summed E-state index contributed by atoms with van der Waals surface area (Å²) in [6.45, 7) is 2.16. The van der Waals surface area contributed by atoms with Crippen LogP contribution in [0.1, 0.15) is 24.8 Å². The molecule has 0 spiro atoms. The van der Waals surface area contributed by atoms with Gasteiger partial charge in [-0.15, -0.1) is 0 Å². The summed E-state index contributed by atoms with van der Waals surface area (Å²) in [5.41, 5.74) is 0.704. The van der Waals surface area contributed by atoms with Crippen molar-refractivity contribution in [3.05, 3.63) is 35.6 Å². The topological polar surface area (TPSA) is 37.4 Å².